The van der Waals surface area contributed by atoms with Crippen LogP contribution in [-0.2, 0) is 0 Å². The lowest BCUT2D eigenvalue weighted by molar-refractivity contribution is 0.0665. The molecule has 0 aliphatic heterocycles. The molecule has 0 aliphatic carbocycles. The SMILES string of the molecule is O=C(O)c1cc2ccc(Oc3ccccc3)cc2o1. The van der Waals surface area contributed by atoms with Crippen LogP contribution in [0.5, 0.6) is 11.5 Å². The number of ether oxygens (including phenoxy) is 1. The van der Waals surface area contributed by atoms with E-state index in [-0.39, 0.29) is 5.76 Å². The molecule has 0 radical (unpaired) electrons. The lowest BCUT2D eigenvalue weighted by atomic mass is 10.2. The van der Waals surface area contributed by atoms with Crippen molar-refractivity contribution in [2.24, 2.45) is 0 Å². The molecular formula is C15H10O4. The van der Waals surface area contributed by atoms with E-state index < -0.39 is 5.97 Å². The van der Waals surface area contributed by atoms with E-state index in [1.54, 1.807) is 18.2 Å². The summed E-state index contributed by atoms with van der Waals surface area (Å²) in [6, 6.07) is 16.1. The quantitative estimate of drug-likeness (QED) is 0.769. The Morgan fingerprint density at radius 2 is 1.79 bits per heavy atom. The van der Waals surface area contributed by atoms with E-state index in [4.69, 9.17) is 14.3 Å². The zero-order chi connectivity index (χ0) is 13.2. The normalized spacial score (nSPS) is 10.5. The van der Waals surface area contributed by atoms with Gasteiger partial charge in [-0.15, -0.1) is 0 Å². The van der Waals surface area contributed by atoms with E-state index in [1.807, 2.05) is 30.3 Å². The fourth-order valence-electron chi connectivity index (χ4n) is 1.80. The predicted molar refractivity (Wildman–Crippen MR) is 69.7 cm³/mol. The van der Waals surface area contributed by atoms with E-state index in [0.29, 0.717) is 17.1 Å². The highest BCUT2D eigenvalue weighted by atomic mass is 16.5. The second-order valence-electron chi connectivity index (χ2n) is 4.03. The first-order valence-corrected chi connectivity index (χ1v) is 5.72. The molecular weight excluding hydrogens is 244 g/mol. The van der Waals surface area contributed by atoms with Crippen molar-refractivity contribution in [2.45, 2.75) is 0 Å². The van der Waals surface area contributed by atoms with Gasteiger partial charge in [0.05, 0.1) is 0 Å². The minimum Gasteiger partial charge on any atom is -0.475 e. The minimum atomic E-state index is -1.08. The number of aromatic carboxylic acids is 1. The van der Waals surface area contributed by atoms with Gasteiger partial charge in [0.15, 0.2) is 0 Å². The Morgan fingerprint density at radius 1 is 1.00 bits per heavy atom. The molecule has 0 fully saturated rings. The van der Waals surface area contributed by atoms with Crippen molar-refractivity contribution >= 4 is 16.9 Å². The average molecular weight is 254 g/mol. The van der Waals surface area contributed by atoms with Crippen molar-refractivity contribution in [1.82, 2.24) is 0 Å². The van der Waals surface area contributed by atoms with Gasteiger partial charge in [-0.3, -0.25) is 0 Å². The summed E-state index contributed by atoms with van der Waals surface area (Å²) in [5.41, 5.74) is 0.492. The average Bonchev–Trinajstić information content (AvgIpc) is 2.83. The highest BCUT2D eigenvalue weighted by Gasteiger charge is 2.11. The Bertz CT molecular complexity index is 728. The molecule has 0 saturated carbocycles. The summed E-state index contributed by atoms with van der Waals surface area (Å²) in [4.78, 5) is 10.8. The van der Waals surface area contributed by atoms with Gasteiger partial charge in [-0.1, -0.05) is 18.2 Å². The van der Waals surface area contributed by atoms with Gasteiger partial charge in [0.2, 0.25) is 5.76 Å². The van der Waals surface area contributed by atoms with E-state index in [0.717, 1.165) is 5.39 Å². The number of hydrogen-bond donors (Lipinski definition) is 1. The summed E-state index contributed by atoms with van der Waals surface area (Å²) in [5.74, 6) is 0.158. The molecule has 94 valence electrons. The van der Waals surface area contributed by atoms with Crippen LogP contribution in [0.4, 0.5) is 0 Å². The van der Waals surface area contributed by atoms with E-state index in [9.17, 15) is 4.79 Å². The molecule has 1 aromatic heterocycles. The summed E-state index contributed by atoms with van der Waals surface area (Å²) in [7, 11) is 0. The molecule has 19 heavy (non-hydrogen) atoms. The monoisotopic (exact) mass is 254 g/mol. The second-order valence-corrected chi connectivity index (χ2v) is 4.03. The largest absolute Gasteiger partial charge is 0.475 e. The van der Waals surface area contributed by atoms with Crippen LogP contribution in [0.2, 0.25) is 0 Å². The van der Waals surface area contributed by atoms with Gasteiger partial charge in [-0.2, -0.15) is 0 Å². The molecule has 0 amide bonds. The third kappa shape index (κ3) is 2.28. The molecule has 2 aromatic carbocycles. The zero-order valence-electron chi connectivity index (χ0n) is 9.87. The summed E-state index contributed by atoms with van der Waals surface area (Å²) in [5, 5.41) is 9.60. The van der Waals surface area contributed by atoms with Crippen molar-refractivity contribution in [2.75, 3.05) is 0 Å². The third-order valence-corrected chi connectivity index (χ3v) is 2.68. The number of carboxylic acids is 1. The number of carbonyl (C=O) groups is 1. The number of rotatable bonds is 3. The summed E-state index contributed by atoms with van der Waals surface area (Å²) >= 11 is 0. The van der Waals surface area contributed by atoms with Crippen molar-refractivity contribution in [3.8, 4) is 11.5 Å². The van der Waals surface area contributed by atoms with Crippen LogP contribution in [-0.4, -0.2) is 11.1 Å². The van der Waals surface area contributed by atoms with Gasteiger partial charge in [-0.05, 0) is 30.3 Å². The topological polar surface area (TPSA) is 59.7 Å². The molecule has 0 unspecified atom stereocenters. The van der Waals surface area contributed by atoms with Gasteiger partial charge in [0, 0.05) is 11.5 Å². The van der Waals surface area contributed by atoms with Gasteiger partial charge in [0.25, 0.3) is 0 Å². The van der Waals surface area contributed by atoms with E-state index in [1.165, 1.54) is 6.07 Å². The van der Waals surface area contributed by atoms with E-state index in [2.05, 4.69) is 0 Å². The maximum absolute atomic E-state index is 10.8. The van der Waals surface area contributed by atoms with Crippen molar-refractivity contribution < 1.29 is 19.1 Å². The smallest absolute Gasteiger partial charge is 0.371 e. The molecule has 3 rings (SSSR count). The van der Waals surface area contributed by atoms with Crippen molar-refractivity contribution in [3.05, 3.63) is 60.4 Å². The lowest BCUT2D eigenvalue weighted by Crippen LogP contribution is -1.91. The van der Waals surface area contributed by atoms with E-state index >= 15 is 0 Å². The molecule has 0 saturated heterocycles. The molecule has 0 spiro atoms. The number of fused-ring (bicyclic) bond motifs is 1. The van der Waals surface area contributed by atoms with Gasteiger partial charge >= 0.3 is 5.97 Å². The fraction of sp³-hybridized carbons (Fsp3) is 0. The Hall–Kier alpha value is -2.75. The minimum absolute atomic E-state index is 0.0770. The van der Waals surface area contributed by atoms with Crippen molar-refractivity contribution in [1.29, 1.82) is 0 Å². The van der Waals surface area contributed by atoms with Crippen LogP contribution in [0, 0.1) is 0 Å². The summed E-state index contributed by atoms with van der Waals surface area (Å²) in [6.07, 6.45) is 0. The highest BCUT2D eigenvalue weighted by molar-refractivity contribution is 5.91. The number of para-hydroxylation sites is 1. The standard InChI is InChI=1S/C15H10O4/c16-15(17)14-8-10-6-7-12(9-13(10)19-14)18-11-4-2-1-3-5-11/h1-9H,(H,16,17). The molecule has 0 bridgehead atoms. The lowest BCUT2D eigenvalue weighted by Gasteiger charge is -2.04. The Kier molecular flexibility index (Phi) is 2.68. The first-order chi connectivity index (χ1) is 9.22. The van der Waals surface area contributed by atoms with Crippen LogP contribution < -0.4 is 4.74 Å². The molecule has 0 aliphatic rings. The van der Waals surface area contributed by atoms with Gasteiger partial charge in [-0.25, -0.2) is 4.79 Å². The Labute approximate surface area is 108 Å². The first-order valence-electron chi connectivity index (χ1n) is 5.72. The van der Waals surface area contributed by atoms with Gasteiger partial charge < -0.3 is 14.3 Å². The molecule has 4 heteroatoms. The number of hydrogen-bond acceptors (Lipinski definition) is 3. The molecule has 0 atom stereocenters. The van der Waals surface area contributed by atoms with Crippen molar-refractivity contribution in [3.63, 3.8) is 0 Å². The maximum atomic E-state index is 10.8. The molecule has 4 nitrogen and oxygen atoms in total. The van der Waals surface area contributed by atoms with Crippen LogP contribution >= 0.6 is 0 Å². The molecule has 1 N–H and O–H groups in total. The number of furan rings is 1. The third-order valence-electron chi connectivity index (χ3n) is 2.68. The van der Waals surface area contributed by atoms with Crippen LogP contribution in [0.25, 0.3) is 11.0 Å². The van der Waals surface area contributed by atoms with Crippen LogP contribution in [0.1, 0.15) is 10.6 Å². The highest BCUT2D eigenvalue weighted by Crippen LogP contribution is 2.27. The summed E-state index contributed by atoms with van der Waals surface area (Å²) < 4.78 is 10.9. The predicted octanol–water partition coefficient (Wildman–Crippen LogP) is 3.92. The zero-order valence-corrected chi connectivity index (χ0v) is 9.87. The Morgan fingerprint density at radius 3 is 2.53 bits per heavy atom. The van der Waals surface area contributed by atoms with Crippen LogP contribution in [0.15, 0.2) is 59.0 Å². The number of carboxylic acid groups (broad SMARTS) is 1. The fourth-order valence-corrected chi connectivity index (χ4v) is 1.80. The summed E-state index contributed by atoms with van der Waals surface area (Å²) in [6.45, 7) is 0. The molecule has 1 heterocycles. The first kappa shape index (κ1) is 11.3. The van der Waals surface area contributed by atoms with Crippen LogP contribution in [0.3, 0.4) is 0 Å². The maximum Gasteiger partial charge on any atom is 0.371 e. The number of benzene rings is 2. The molecule has 3 aromatic rings. The second kappa shape index (κ2) is 4.49. The Balaban J connectivity index is 1.95. The van der Waals surface area contributed by atoms with Gasteiger partial charge in [0.1, 0.15) is 17.1 Å².